The molecular weight excluding hydrogens is 510 g/mol. The molecule has 2 heterocycles. The number of hydrogen-bond acceptors (Lipinski definition) is 6. The summed E-state index contributed by atoms with van der Waals surface area (Å²) < 4.78 is 1.92. The molecule has 1 unspecified atom stereocenters. The smallest absolute Gasteiger partial charge is 0.235 e. The number of halogens is 1. The average Bonchev–Trinajstić information content (AvgIpc) is 3.43. The summed E-state index contributed by atoms with van der Waals surface area (Å²) in [7, 11) is 0. The number of nitrogens with one attached hydrogen (secondary N) is 1. The van der Waals surface area contributed by atoms with Crippen LogP contribution in [0.15, 0.2) is 42.1 Å². The van der Waals surface area contributed by atoms with Crippen molar-refractivity contribution in [1.29, 1.82) is 5.26 Å². The predicted molar refractivity (Wildman–Crippen MR) is 149 cm³/mol. The molecule has 3 aromatic rings. The molecule has 0 spiro atoms. The van der Waals surface area contributed by atoms with E-state index in [1.165, 1.54) is 16.6 Å². The number of rotatable bonds is 9. The van der Waals surface area contributed by atoms with Gasteiger partial charge in [0.1, 0.15) is 11.1 Å². The van der Waals surface area contributed by atoms with Gasteiger partial charge in [-0.3, -0.25) is 9.36 Å². The maximum absolute atomic E-state index is 12.9. The number of nitrogens with zero attached hydrogens (tertiary/aromatic N) is 4. The van der Waals surface area contributed by atoms with Crippen LogP contribution in [0, 0.1) is 22.7 Å². The molecule has 1 aliphatic rings. The van der Waals surface area contributed by atoms with E-state index in [-0.39, 0.29) is 17.1 Å². The zero-order valence-electron chi connectivity index (χ0n) is 20.8. The van der Waals surface area contributed by atoms with Gasteiger partial charge in [0.15, 0.2) is 11.0 Å². The molecule has 1 aromatic carbocycles. The van der Waals surface area contributed by atoms with Gasteiger partial charge in [-0.05, 0) is 60.4 Å². The number of amides is 1. The zero-order chi connectivity index (χ0) is 25.9. The van der Waals surface area contributed by atoms with E-state index in [0.29, 0.717) is 39.0 Å². The number of thiophene rings is 1. The summed E-state index contributed by atoms with van der Waals surface area (Å²) >= 11 is 8.89. The molecule has 0 saturated carbocycles. The quantitative estimate of drug-likeness (QED) is 0.234. The lowest BCUT2D eigenvalue weighted by Crippen LogP contribution is -2.28. The largest absolute Gasteiger partial charge is 0.316 e. The molecule has 0 fully saturated rings. The molecule has 188 valence electrons. The van der Waals surface area contributed by atoms with Crippen molar-refractivity contribution in [3.05, 3.63) is 57.9 Å². The first kappa shape index (κ1) is 26.5. The molecule has 2 aromatic heterocycles. The van der Waals surface area contributed by atoms with Crippen molar-refractivity contribution in [2.24, 2.45) is 11.3 Å². The van der Waals surface area contributed by atoms with Crippen LogP contribution in [0.5, 0.6) is 0 Å². The van der Waals surface area contributed by atoms with Crippen molar-refractivity contribution in [2.45, 2.75) is 58.2 Å². The van der Waals surface area contributed by atoms with Crippen LogP contribution in [0.1, 0.15) is 49.6 Å². The van der Waals surface area contributed by atoms with Crippen molar-refractivity contribution in [1.82, 2.24) is 14.8 Å². The van der Waals surface area contributed by atoms with Gasteiger partial charge in [0.2, 0.25) is 5.91 Å². The summed E-state index contributed by atoms with van der Waals surface area (Å²) in [6, 6.07) is 9.74. The molecular formula is C27H30ClN5OS2. The maximum atomic E-state index is 12.9. The van der Waals surface area contributed by atoms with Crippen LogP contribution in [0.2, 0.25) is 5.02 Å². The first-order chi connectivity index (χ1) is 17.3. The van der Waals surface area contributed by atoms with Crippen molar-refractivity contribution < 1.29 is 4.79 Å². The molecule has 6 nitrogen and oxygen atoms in total. The van der Waals surface area contributed by atoms with Crippen molar-refractivity contribution in [3.63, 3.8) is 0 Å². The van der Waals surface area contributed by atoms with E-state index in [0.717, 1.165) is 36.8 Å². The highest BCUT2D eigenvalue weighted by atomic mass is 35.5. The molecule has 1 atom stereocenters. The first-order valence-corrected chi connectivity index (χ1v) is 14.2. The Labute approximate surface area is 225 Å². The van der Waals surface area contributed by atoms with E-state index in [1.807, 2.05) is 28.8 Å². The number of benzene rings is 1. The molecule has 0 saturated heterocycles. The Balaban J connectivity index is 1.46. The van der Waals surface area contributed by atoms with Gasteiger partial charge in [-0.15, -0.1) is 28.1 Å². The van der Waals surface area contributed by atoms with E-state index < -0.39 is 0 Å². The zero-order valence-corrected chi connectivity index (χ0v) is 23.2. The maximum Gasteiger partial charge on any atom is 0.235 e. The summed E-state index contributed by atoms with van der Waals surface area (Å²) in [6.45, 7) is 11.2. The van der Waals surface area contributed by atoms with Crippen LogP contribution >= 0.6 is 34.7 Å². The van der Waals surface area contributed by atoms with Gasteiger partial charge >= 0.3 is 0 Å². The van der Waals surface area contributed by atoms with Crippen LogP contribution in [-0.4, -0.2) is 26.4 Å². The number of carbonyl (C=O) groups excluding carboxylic acids is 1. The number of hydrogen-bond donors (Lipinski definition) is 1. The minimum atomic E-state index is -0.165. The highest BCUT2D eigenvalue weighted by Crippen LogP contribution is 2.45. The van der Waals surface area contributed by atoms with Gasteiger partial charge in [-0.25, -0.2) is 0 Å². The second-order valence-corrected chi connectivity index (χ2v) is 12.1. The lowest BCUT2D eigenvalue weighted by Gasteiger charge is -2.36. The molecule has 0 aliphatic heterocycles. The highest BCUT2D eigenvalue weighted by molar-refractivity contribution is 7.99. The fraction of sp³-hybridized carbons (Fsp3) is 0.407. The average molecular weight is 540 g/mol. The Morgan fingerprint density at radius 1 is 1.39 bits per heavy atom. The number of nitriles is 1. The van der Waals surface area contributed by atoms with Crippen LogP contribution in [0.3, 0.4) is 0 Å². The van der Waals surface area contributed by atoms with Gasteiger partial charge in [0.25, 0.3) is 0 Å². The third kappa shape index (κ3) is 5.54. The van der Waals surface area contributed by atoms with Crippen LogP contribution in [-0.2, 0) is 24.2 Å². The fourth-order valence-corrected chi connectivity index (χ4v) is 6.71. The molecule has 4 rings (SSSR count). The van der Waals surface area contributed by atoms with Crippen molar-refractivity contribution >= 4 is 45.6 Å². The molecule has 36 heavy (non-hydrogen) atoms. The third-order valence-electron chi connectivity index (χ3n) is 7.11. The molecule has 0 radical (unpaired) electrons. The summed E-state index contributed by atoms with van der Waals surface area (Å²) in [5.41, 5.74) is 2.89. The van der Waals surface area contributed by atoms with Gasteiger partial charge < -0.3 is 5.32 Å². The summed E-state index contributed by atoms with van der Waals surface area (Å²) in [5.74, 6) is 1.28. The fourth-order valence-electron chi connectivity index (χ4n) is 4.54. The Hall–Kier alpha value is -2.60. The monoisotopic (exact) mass is 539 g/mol. The molecule has 1 amide bonds. The summed E-state index contributed by atoms with van der Waals surface area (Å²) in [4.78, 5) is 14.1. The minimum absolute atomic E-state index is 0.162. The van der Waals surface area contributed by atoms with E-state index in [9.17, 15) is 10.1 Å². The Kier molecular flexibility index (Phi) is 8.23. The Morgan fingerprint density at radius 2 is 2.14 bits per heavy atom. The third-order valence-corrected chi connectivity index (χ3v) is 9.50. The van der Waals surface area contributed by atoms with Gasteiger partial charge in [0.05, 0.1) is 11.3 Å². The second-order valence-electron chi connectivity index (χ2n) is 9.65. The van der Waals surface area contributed by atoms with Crippen molar-refractivity contribution in [3.8, 4) is 17.5 Å². The van der Waals surface area contributed by atoms with E-state index in [4.69, 9.17) is 11.6 Å². The SMILES string of the molecule is C=CCn1c(SCC(=O)Nc2sc3c(c2C#N)CCC(C(C)(C)CC)C3)nnc1-c1ccc(Cl)cc1. The number of carbonyl (C=O) groups is 1. The minimum Gasteiger partial charge on any atom is -0.316 e. The van der Waals surface area contributed by atoms with E-state index in [1.54, 1.807) is 17.4 Å². The topological polar surface area (TPSA) is 83.6 Å². The Bertz CT molecular complexity index is 1300. The lowest BCUT2D eigenvalue weighted by atomic mass is 9.69. The predicted octanol–water partition coefficient (Wildman–Crippen LogP) is 6.99. The number of aromatic nitrogens is 3. The van der Waals surface area contributed by atoms with Crippen LogP contribution in [0.25, 0.3) is 11.4 Å². The number of thioether (sulfide) groups is 1. The molecule has 1 N–H and O–H groups in total. The van der Waals surface area contributed by atoms with Gasteiger partial charge in [-0.2, -0.15) is 5.26 Å². The standard InChI is InChI=1S/C27H30ClN5OS2/c1-5-13-33-24(17-7-10-19(28)11-8-17)31-32-26(33)35-16-23(34)30-25-21(15-29)20-12-9-18(14-22(20)36-25)27(3,4)6-2/h5,7-8,10-11,18H,1,6,9,12-14,16H2,2-4H3,(H,30,34). The summed E-state index contributed by atoms with van der Waals surface area (Å²) in [6.07, 6.45) is 5.84. The highest BCUT2D eigenvalue weighted by Gasteiger charge is 2.34. The van der Waals surface area contributed by atoms with Crippen molar-refractivity contribution in [2.75, 3.05) is 11.1 Å². The van der Waals surface area contributed by atoms with Gasteiger partial charge in [0, 0.05) is 22.0 Å². The van der Waals surface area contributed by atoms with Crippen LogP contribution in [0.4, 0.5) is 5.00 Å². The normalized spacial score (nSPS) is 15.2. The second kappa shape index (κ2) is 11.2. The number of anilines is 1. The first-order valence-electron chi connectivity index (χ1n) is 12.0. The van der Waals surface area contributed by atoms with E-state index >= 15 is 0 Å². The lowest BCUT2D eigenvalue weighted by molar-refractivity contribution is -0.113. The number of allylic oxidation sites excluding steroid dienone is 1. The molecule has 1 aliphatic carbocycles. The van der Waals surface area contributed by atoms with E-state index in [2.05, 4.69) is 48.9 Å². The molecule has 9 heteroatoms. The van der Waals surface area contributed by atoms with Gasteiger partial charge in [-0.1, -0.05) is 56.6 Å². The number of fused-ring (bicyclic) bond motifs is 1. The summed E-state index contributed by atoms with van der Waals surface area (Å²) in [5, 5.41) is 23.4. The molecule has 0 bridgehead atoms. The Morgan fingerprint density at radius 3 is 2.81 bits per heavy atom. The van der Waals surface area contributed by atoms with Crippen LogP contribution < -0.4 is 5.32 Å².